The molecule has 0 unspecified atom stereocenters. The molecule has 9 nitrogen and oxygen atoms in total. The van der Waals surface area contributed by atoms with Gasteiger partial charge >= 0.3 is 5.69 Å². The Labute approximate surface area is 140 Å². The monoisotopic (exact) mass is 352 g/mol. The lowest BCUT2D eigenvalue weighted by atomic mass is 10.1. The molecule has 0 radical (unpaired) electrons. The first-order chi connectivity index (χ1) is 11.4. The van der Waals surface area contributed by atoms with Gasteiger partial charge in [-0.15, -0.1) is 0 Å². The normalized spacial score (nSPS) is 29.0. The maximum absolute atomic E-state index is 11.7. The first-order valence-corrected chi connectivity index (χ1v) is 8.25. The predicted molar refractivity (Wildman–Crippen MR) is 89.0 cm³/mol. The van der Waals surface area contributed by atoms with E-state index in [0.717, 1.165) is 4.57 Å². The third kappa shape index (κ3) is 3.68. The number of hydrogen-bond acceptors (Lipinski definition) is 8. The van der Waals surface area contributed by atoms with Crippen LogP contribution in [0.25, 0.3) is 0 Å². The average Bonchev–Trinajstić information content (AvgIpc) is 2.81. The Morgan fingerprint density at radius 3 is 2.42 bits per heavy atom. The molecule has 10 heteroatoms. The lowest BCUT2D eigenvalue weighted by Crippen LogP contribution is -2.51. The maximum atomic E-state index is 11.7. The van der Waals surface area contributed by atoms with E-state index in [9.17, 15) is 15.0 Å². The number of anilines is 1. The molecule has 5 N–H and O–H groups in total. The van der Waals surface area contributed by atoms with E-state index in [0.29, 0.717) is 0 Å². The smallest absolute Gasteiger partial charge is 0.351 e. The summed E-state index contributed by atoms with van der Waals surface area (Å²) in [7, 11) is 0.220. The Morgan fingerprint density at radius 1 is 1.33 bits per heavy atom. The van der Waals surface area contributed by atoms with Crippen LogP contribution in [0.4, 0.5) is 5.82 Å². The minimum atomic E-state index is -1.36. The Kier molecular flexibility index (Phi) is 5.80. The Hall–Kier alpha value is -2.11. The van der Waals surface area contributed by atoms with Gasteiger partial charge in [0.2, 0.25) is 0 Å². The fraction of sp³-hybridized carbons (Fsp3) is 0.357. The summed E-state index contributed by atoms with van der Waals surface area (Å²) in [5.41, 5.74) is 4.71. The summed E-state index contributed by atoms with van der Waals surface area (Å²) in [5.74, 6) is 0.0632. The molecule has 3 heterocycles. The zero-order valence-corrected chi connectivity index (χ0v) is 15.1. The van der Waals surface area contributed by atoms with Gasteiger partial charge in [0.25, 0.3) is 0 Å². The Balaban J connectivity index is 0.000000292. The van der Waals surface area contributed by atoms with Crippen molar-refractivity contribution in [3.8, 4) is 0 Å². The molecule has 1 aliphatic heterocycles. The first-order valence-electron chi connectivity index (χ1n) is 7.25. The van der Waals surface area contributed by atoms with Crippen LogP contribution in [0, 0.1) is 0 Å². The number of pyridine rings is 1. The first kappa shape index (κ1) is 18.2. The van der Waals surface area contributed by atoms with Gasteiger partial charge < -0.3 is 25.8 Å². The van der Waals surface area contributed by atoms with Crippen LogP contribution < -0.4 is 11.4 Å². The summed E-state index contributed by atoms with van der Waals surface area (Å²) in [4.78, 5) is 19.1. The summed E-state index contributed by atoms with van der Waals surface area (Å²) in [6.07, 6.45) is 1.37. The molecule has 130 valence electrons. The van der Waals surface area contributed by atoms with Crippen molar-refractivity contribution in [1.29, 1.82) is 0 Å². The van der Waals surface area contributed by atoms with E-state index in [1.54, 1.807) is 12.4 Å². The fourth-order valence-corrected chi connectivity index (χ4v) is 3.36. The van der Waals surface area contributed by atoms with Gasteiger partial charge in [-0.25, -0.2) is 4.79 Å². The van der Waals surface area contributed by atoms with Crippen molar-refractivity contribution >= 4 is 16.1 Å². The van der Waals surface area contributed by atoms with Gasteiger partial charge in [0, 0.05) is 18.6 Å². The number of rotatable bonds is 2. The van der Waals surface area contributed by atoms with Crippen LogP contribution in [0.2, 0.25) is 0 Å². The van der Waals surface area contributed by atoms with E-state index in [-0.39, 0.29) is 16.1 Å². The summed E-state index contributed by atoms with van der Waals surface area (Å²) in [6, 6.07) is 7.11. The molecule has 4 atom stereocenters. The second kappa shape index (κ2) is 7.64. The second-order valence-corrected chi connectivity index (χ2v) is 6.79. The highest BCUT2D eigenvalue weighted by Crippen LogP contribution is 2.31. The number of nitrogen functional groups attached to an aromatic ring is 1. The van der Waals surface area contributed by atoms with Crippen LogP contribution in [0.1, 0.15) is 0 Å². The van der Waals surface area contributed by atoms with Crippen LogP contribution in [-0.2, 0) is 10.1 Å². The number of nitrogens with zero attached hydrogens (tertiary/aromatic N) is 3. The van der Waals surface area contributed by atoms with Gasteiger partial charge in [-0.3, -0.25) is 9.55 Å². The van der Waals surface area contributed by atoms with Gasteiger partial charge in [0.15, 0.2) is 5.35 Å². The lowest BCUT2D eigenvalue weighted by molar-refractivity contribution is -0.0888. The molecule has 0 bridgehead atoms. The largest absolute Gasteiger partial charge is 0.394 e. The number of aliphatic hydroxyl groups excluding tert-OH is 3. The van der Waals surface area contributed by atoms with E-state index in [1.807, 2.05) is 18.2 Å². The molecule has 0 amide bonds. The van der Waals surface area contributed by atoms with Crippen LogP contribution in [0.5, 0.6) is 0 Å². The predicted octanol–water partition coefficient (Wildman–Crippen LogP) is -3.00. The van der Waals surface area contributed by atoms with Crippen molar-refractivity contribution < 1.29 is 20.1 Å². The number of nitrogens with two attached hydrogens (primary N) is 1. The van der Waals surface area contributed by atoms with E-state index in [2.05, 4.69) is 9.97 Å². The van der Waals surface area contributed by atoms with Gasteiger partial charge in [0.1, 0.15) is 24.1 Å². The van der Waals surface area contributed by atoms with E-state index < -0.39 is 36.0 Å². The molecule has 3 rings (SSSR count). The van der Waals surface area contributed by atoms with Crippen molar-refractivity contribution in [3.63, 3.8) is 0 Å². The summed E-state index contributed by atoms with van der Waals surface area (Å²) >= 11 is 0. The van der Waals surface area contributed by atoms with Gasteiger partial charge in [-0.2, -0.15) is 4.98 Å². The van der Waals surface area contributed by atoms with Crippen LogP contribution in [0.15, 0.2) is 47.7 Å². The van der Waals surface area contributed by atoms with Crippen LogP contribution in [-0.4, -0.2) is 65.0 Å². The zero-order valence-electron chi connectivity index (χ0n) is 13.1. The number of aliphatic hydroxyl groups is 3. The highest BCUT2D eigenvalue weighted by Gasteiger charge is 2.52. The Bertz CT molecular complexity index is 689. The minimum absolute atomic E-state index is 0.0632. The van der Waals surface area contributed by atoms with Gasteiger partial charge in [-0.1, -0.05) is 6.07 Å². The quantitative estimate of drug-likeness (QED) is 0.419. The standard InChI is InChI=1S/C9H15N3O5Si.C5H5N/c10-5-1-2-12(8(16)11-5)9(18)7(15)6(14)4(3-13)17-9;1-2-4-6-5-3-1/h1-2,4,6-7,13-15H,3H2,18H3,(H2,10,11,16);1-5H/t4-,6-,7-,9+;/m1./s1. The van der Waals surface area contributed by atoms with Gasteiger partial charge in [0.05, 0.1) is 16.8 Å². The fourth-order valence-electron chi connectivity index (χ4n) is 2.38. The maximum Gasteiger partial charge on any atom is 0.351 e. The minimum Gasteiger partial charge on any atom is -0.394 e. The molecule has 1 aliphatic rings. The van der Waals surface area contributed by atoms with Crippen molar-refractivity contribution in [2.45, 2.75) is 23.7 Å². The highest BCUT2D eigenvalue weighted by molar-refractivity contribution is 6.13. The molecular formula is C14H20N4O5Si. The van der Waals surface area contributed by atoms with Gasteiger partial charge in [-0.05, 0) is 18.2 Å². The van der Waals surface area contributed by atoms with E-state index in [1.165, 1.54) is 12.3 Å². The summed E-state index contributed by atoms with van der Waals surface area (Å²) in [5, 5.41) is 27.4. The van der Waals surface area contributed by atoms with Crippen molar-refractivity contribution in [2.75, 3.05) is 12.3 Å². The molecule has 2 aromatic rings. The molecule has 2 aromatic heterocycles. The second-order valence-electron chi connectivity index (χ2n) is 5.36. The van der Waals surface area contributed by atoms with E-state index in [4.69, 9.17) is 15.6 Å². The van der Waals surface area contributed by atoms with Crippen molar-refractivity contribution in [3.05, 3.63) is 53.3 Å². The molecule has 1 fully saturated rings. The zero-order chi connectivity index (χ0) is 17.7. The third-order valence-electron chi connectivity index (χ3n) is 3.69. The van der Waals surface area contributed by atoms with Crippen LogP contribution >= 0.6 is 0 Å². The Morgan fingerprint density at radius 2 is 2.00 bits per heavy atom. The molecule has 1 saturated heterocycles. The van der Waals surface area contributed by atoms with Crippen LogP contribution in [0.3, 0.4) is 0 Å². The van der Waals surface area contributed by atoms with E-state index >= 15 is 0 Å². The molecule has 24 heavy (non-hydrogen) atoms. The molecule has 0 spiro atoms. The average molecular weight is 352 g/mol. The topological polar surface area (TPSA) is 144 Å². The summed E-state index contributed by atoms with van der Waals surface area (Å²) in [6.45, 7) is -0.445. The number of hydrogen-bond donors (Lipinski definition) is 4. The number of aromatic nitrogens is 3. The van der Waals surface area contributed by atoms with Crippen molar-refractivity contribution in [1.82, 2.24) is 14.5 Å². The third-order valence-corrected chi connectivity index (χ3v) is 5.00. The molecular weight excluding hydrogens is 332 g/mol. The molecule has 0 saturated carbocycles. The lowest BCUT2D eigenvalue weighted by Gasteiger charge is -2.29. The SMILES string of the molecule is Nc1ccn([C@]2([SiH3])O[C@H](CO)[C@@H](O)[C@H]2O)c(=O)n1.c1ccncc1. The number of ether oxygens (including phenoxy) is 1. The molecule has 0 aliphatic carbocycles. The highest BCUT2D eigenvalue weighted by atomic mass is 28.1. The van der Waals surface area contributed by atoms with Crippen molar-refractivity contribution in [2.24, 2.45) is 0 Å². The molecule has 0 aromatic carbocycles. The summed E-state index contributed by atoms with van der Waals surface area (Å²) < 4.78 is 6.52.